The molecule has 1 aliphatic heterocycles. The van der Waals surface area contributed by atoms with Gasteiger partial charge in [-0.1, -0.05) is 0 Å². The number of halogens is 1. The molecule has 0 saturated carbocycles. The predicted molar refractivity (Wildman–Crippen MR) is 119 cm³/mol. The van der Waals surface area contributed by atoms with E-state index in [0.29, 0.717) is 47.5 Å². The third kappa shape index (κ3) is 4.29. The number of amides is 1. The van der Waals surface area contributed by atoms with Gasteiger partial charge in [-0.05, 0) is 63.4 Å². The van der Waals surface area contributed by atoms with Gasteiger partial charge in [0.05, 0.1) is 11.3 Å². The number of hydrogen-bond acceptors (Lipinski definition) is 6. The second-order valence-corrected chi connectivity index (χ2v) is 9.27. The Hall–Kier alpha value is -3.07. The van der Waals surface area contributed by atoms with Crippen LogP contribution in [-0.2, 0) is 9.53 Å². The third-order valence-corrected chi connectivity index (χ3v) is 7.04. The van der Waals surface area contributed by atoms with Crippen LogP contribution in [0.25, 0.3) is 10.2 Å². The van der Waals surface area contributed by atoms with Gasteiger partial charge in [0.15, 0.2) is 11.9 Å². The summed E-state index contributed by atoms with van der Waals surface area (Å²) in [6.45, 7) is 6.35. The topological polar surface area (TPSA) is 92.4 Å². The molecular formula is C23H24FN3O4S. The third-order valence-electron chi connectivity index (χ3n) is 5.94. The molecule has 1 unspecified atom stereocenters. The molecule has 1 fully saturated rings. The molecule has 1 aliphatic rings. The number of thiophene rings is 1. The van der Waals surface area contributed by atoms with Crippen molar-refractivity contribution in [3.8, 4) is 0 Å². The van der Waals surface area contributed by atoms with Crippen molar-refractivity contribution in [3.05, 3.63) is 62.3 Å². The van der Waals surface area contributed by atoms with Gasteiger partial charge in [0, 0.05) is 23.5 Å². The van der Waals surface area contributed by atoms with Crippen molar-refractivity contribution in [3.63, 3.8) is 0 Å². The Balaban J connectivity index is 1.37. The fourth-order valence-corrected chi connectivity index (χ4v) is 4.92. The smallest absolute Gasteiger partial charge is 0.309 e. The zero-order valence-electron chi connectivity index (χ0n) is 18.1. The Labute approximate surface area is 188 Å². The molecule has 4 rings (SSSR count). The van der Waals surface area contributed by atoms with Crippen molar-refractivity contribution in [1.82, 2.24) is 14.9 Å². The molecule has 2 aromatic heterocycles. The normalized spacial score (nSPS) is 15.7. The first kappa shape index (κ1) is 22.1. The van der Waals surface area contributed by atoms with E-state index < -0.39 is 11.9 Å². The summed E-state index contributed by atoms with van der Waals surface area (Å²) in [4.78, 5) is 48.3. The molecule has 3 aromatic rings. The molecule has 9 heteroatoms. The molecule has 3 heterocycles. The number of hydrogen-bond donors (Lipinski definition) is 1. The van der Waals surface area contributed by atoms with Crippen molar-refractivity contribution in [2.24, 2.45) is 5.92 Å². The number of fused-ring (bicyclic) bond motifs is 1. The average molecular weight is 458 g/mol. The summed E-state index contributed by atoms with van der Waals surface area (Å²) in [6, 6.07) is 5.43. The summed E-state index contributed by atoms with van der Waals surface area (Å²) in [5.41, 5.74) is 1.10. The van der Waals surface area contributed by atoms with E-state index in [1.807, 2.05) is 13.8 Å². The highest BCUT2D eigenvalue weighted by Crippen LogP contribution is 2.28. The number of ether oxygens (including phenoxy) is 1. The first-order chi connectivity index (χ1) is 15.2. The number of nitrogens with one attached hydrogen (secondary N) is 1. The van der Waals surface area contributed by atoms with E-state index in [4.69, 9.17) is 4.74 Å². The molecule has 7 nitrogen and oxygen atoms in total. The van der Waals surface area contributed by atoms with Gasteiger partial charge in [-0.25, -0.2) is 9.37 Å². The van der Waals surface area contributed by atoms with Gasteiger partial charge in [-0.2, -0.15) is 0 Å². The maximum atomic E-state index is 13.1. The van der Waals surface area contributed by atoms with Crippen LogP contribution in [0.5, 0.6) is 0 Å². The summed E-state index contributed by atoms with van der Waals surface area (Å²) < 4.78 is 18.7. The van der Waals surface area contributed by atoms with Crippen LogP contribution in [0.15, 0.2) is 29.1 Å². The van der Waals surface area contributed by atoms with Crippen LogP contribution in [0.1, 0.15) is 52.5 Å². The Bertz CT molecular complexity index is 1230. The molecule has 1 atom stereocenters. The summed E-state index contributed by atoms with van der Waals surface area (Å²) in [5.74, 6) is -0.955. The number of aromatic amines is 1. The second kappa shape index (κ2) is 8.82. The molecular weight excluding hydrogens is 433 g/mol. The fraction of sp³-hybridized carbons (Fsp3) is 0.391. The summed E-state index contributed by atoms with van der Waals surface area (Å²) >= 11 is 1.44. The summed E-state index contributed by atoms with van der Waals surface area (Å²) in [7, 11) is 0. The summed E-state index contributed by atoms with van der Waals surface area (Å²) in [5, 5.41) is 0.577. The van der Waals surface area contributed by atoms with Crippen LogP contribution in [0.2, 0.25) is 0 Å². The Kier molecular flexibility index (Phi) is 6.10. The van der Waals surface area contributed by atoms with Crippen molar-refractivity contribution in [2.75, 3.05) is 13.1 Å². The van der Waals surface area contributed by atoms with Crippen molar-refractivity contribution < 1.29 is 18.7 Å². The lowest BCUT2D eigenvalue weighted by molar-refractivity contribution is -0.155. The van der Waals surface area contributed by atoms with Crippen LogP contribution in [0.4, 0.5) is 4.39 Å². The van der Waals surface area contributed by atoms with Gasteiger partial charge in [-0.3, -0.25) is 14.4 Å². The molecule has 0 radical (unpaired) electrons. The SMILES string of the molecule is Cc1sc2nc(C(C)OC(=O)C3CCN(C(=O)c4ccc(F)cc4)CC3)[nH]c(=O)c2c1C. The number of carbonyl (C=O) groups excluding carboxylic acids is 2. The molecule has 1 N–H and O–H groups in total. The van der Waals surface area contributed by atoms with E-state index in [0.717, 1.165) is 10.4 Å². The average Bonchev–Trinajstić information content (AvgIpc) is 3.07. The van der Waals surface area contributed by atoms with Gasteiger partial charge in [-0.15, -0.1) is 11.3 Å². The van der Waals surface area contributed by atoms with E-state index in [2.05, 4.69) is 9.97 Å². The number of nitrogens with zero attached hydrogens (tertiary/aromatic N) is 2. The van der Waals surface area contributed by atoms with Gasteiger partial charge in [0.2, 0.25) is 0 Å². The van der Waals surface area contributed by atoms with Crippen molar-refractivity contribution in [1.29, 1.82) is 0 Å². The minimum absolute atomic E-state index is 0.179. The Morgan fingerprint density at radius 3 is 2.53 bits per heavy atom. The number of rotatable bonds is 4. The number of H-pyrrole nitrogens is 1. The number of aryl methyl sites for hydroxylation is 2. The monoisotopic (exact) mass is 457 g/mol. The molecule has 0 bridgehead atoms. The molecule has 1 amide bonds. The highest BCUT2D eigenvalue weighted by atomic mass is 32.1. The van der Waals surface area contributed by atoms with Gasteiger partial charge in [0.1, 0.15) is 10.6 Å². The maximum Gasteiger partial charge on any atom is 0.309 e. The minimum Gasteiger partial charge on any atom is -0.454 e. The predicted octanol–water partition coefficient (Wildman–Crippen LogP) is 3.90. The van der Waals surface area contributed by atoms with Gasteiger partial charge >= 0.3 is 5.97 Å². The standard InChI is InChI=1S/C23H24FN3O4S/c1-12-14(3)32-21-18(12)20(28)25-19(26-21)13(2)31-23(30)16-8-10-27(11-9-16)22(29)15-4-6-17(24)7-5-15/h4-7,13,16H,8-11H2,1-3H3,(H,25,26,28). The highest BCUT2D eigenvalue weighted by Gasteiger charge is 2.30. The maximum absolute atomic E-state index is 13.1. The summed E-state index contributed by atoms with van der Waals surface area (Å²) in [6.07, 6.45) is 0.261. The van der Waals surface area contributed by atoms with Crippen LogP contribution in [-0.4, -0.2) is 39.8 Å². The van der Waals surface area contributed by atoms with Crippen LogP contribution >= 0.6 is 11.3 Å². The lowest BCUT2D eigenvalue weighted by atomic mass is 9.96. The first-order valence-corrected chi connectivity index (χ1v) is 11.3. The zero-order chi connectivity index (χ0) is 23.0. The molecule has 32 heavy (non-hydrogen) atoms. The number of benzene rings is 1. The lowest BCUT2D eigenvalue weighted by Crippen LogP contribution is -2.40. The number of piperidine rings is 1. The molecule has 1 saturated heterocycles. The number of esters is 1. The van der Waals surface area contributed by atoms with Crippen molar-refractivity contribution in [2.45, 2.75) is 39.7 Å². The van der Waals surface area contributed by atoms with Gasteiger partial charge < -0.3 is 14.6 Å². The number of likely N-dealkylation sites (tertiary alicyclic amines) is 1. The van der Waals surface area contributed by atoms with Crippen LogP contribution < -0.4 is 5.56 Å². The minimum atomic E-state index is -0.693. The van der Waals surface area contributed by atoms with E-state index >= 15 is 0 Å². The van der Waals surface area contributed by atoms with E-state index in [9.17, 15) is 18.8 Å². The molecule has 1 aromatic carbocycles. The highest BCUT2D eigenvalue weighted by molar-refractivity contribution is 7.18. The quantitative estimate of drug-likeness (QED) is 0.600. The fourth-order valence-electron chi connectivity index (χ4n) is 3.88. The molecule has 168 valence electrons. The number of carbonyl (C=O) groups is 2. The van der Waals surface area contributed by atoms with Crippen LogP contribution in [0.3, 0.4) is 0 Å². The largest absolute Gasteiger partial charge is 0.454 e. The lowest BCUT2D eigenvalue weighted by Gasteiger charge is -2.31. The van der Waals surface area contributed by atoms with Crippen molar-refractivity contribution >= 4 is 33.4 Å². The second-order valence-electron chi connectivity index (χ2n) is 8.07. The molecule has 0 spiro atoms. The van der Waals surface area contributed by atoms with Crippen LogP contribution in [0, 0.1) is 25.6 Å². The van der Waals surface area contributed by atoms with E-state index in [1.165, 1.54) is 35.6 Å². The number of aromatic nitrogens is 2. The van der Waals surface area contributed by atoms with E-state index in [-0.39, 0.29) is 23.4 Å². The van der Waals surface area contributed by atoms with Gasteiger partial charge in [0.25, 0.3) is 11.5 Å². The van der Waals surface area contributed by atoms with E-state index in [1.54, 1.807) is 11.8 Å². The first-order valence-electron chi connectivity index (χ1n) is 10.5. The Morgan fingerprint density at radius 2 is 1.88 bits per heavy atom. The zero-order valence-corrected chi connectivity index (χ0v) is 18.9. The molecule has 0 aliphatic carbocycles. The Morgan fingerprint density at radius 1 is 1.22 bits per heavy atom.